The highest BCUT2D eigenvalue weighted by molar-refractivity contribution is 6.06. The molecule has 134 valence electrons. The van der Waals surface area contributed by atoms with Crippen LogP contribution in [0.15, 0.2) is 35.5 Å². The summed E-state index contributed by atoms with van der Waals surface area (Å²) in [5.74, 6) is 1.13. The van der Waals surface area contributed by atoms with Gasteiger partial charge in [0.2, 0.25) is 0 Å². The van der Waals surface area contributed by atoms with Crippen molar-refractivity contribution >= 4 is 18.0 Å². The second-order valence-electron chi connectivity index (χ2n) is 7.55. The molecule has 2 amide bonds. The maximum Gasteiger partial charge on any atom is 0.254 e. The highest BCUT2D eigenvalue weighted by Gasteiger charge is 2.67. The van der Waals surface area contributed by atoms with Crippen molar-refractivity contribution in [1.82, 2.24) is 5.01 Å². The summed E-state index contributed by atoms with van der Waals surface area (Å²) >= 11 is 0. The Kier molecular flexibility index (Phi) is 3.26. The first-order valence-electron chi connectivity index (χ1n) is 9.16. The van der Waals surface area contributed by atoms with Gasteiger partial charge in [-0.15, -0.1) is 0 Å². The molecule has 5 aliphatic rings. The summed E-state index contributed by atoms with van der Waals surface area (Å²) in [5.41, 5.74) is 0.658. The molecule has 1 heterocycles. The predicted molar refractivity (Wildman–Crippen MR) is 93.4 cm³/mol. The lowest BCUT2D eigenvalue weighted by molar-refractivity contribution is -0.140. The van der Waals surface area contributed by atoms with Gasteiger partial charge in [-0.2, -0.15) is 10.1 Å². The second-order valence-corrected chi connectivity index (χ2v) is 7.55. The van der Waals surface area contributed by atoms with E-state index in [1.807, 2.05) is 6.92 Å². The van der Waals surface area contributed by atoms with E-state index in [-0.39, 0.29) is 41.2 Å². The zero-order valence-electron chi connectivity index (χ0n) is 14.4. The molecule has 1 aliphatic heterocycles. The number of phenolic OH excluding ortho intramolecular Hbond substituents is 1. The largest absolute Gasteiger partial charge is 0.504 e. The van der Waals surface area contributed by atoms with Crippen molar-refractivity contribution in [3.63, 3.8) is 0 Å². The van der Waals surface area contributed by atoms with E-state index >= 15 is 0 Å². The fraction of sp³-hybridized carbons (Fsp3) is 0.450. The van der Waals surface area contributed by atoms with E-state index in [2.05, 4.69) is 17.3 Å². The lowest BCUT2D eigenvalue weighted by Crippen LogP contribution is -2.40. The molecule has 0 unspecified atom stereocenters. The normalized spacial score (nSPS) is 36.6. The smallest absolute Gasteiger partial charge is 0.254 e. The van der Waals surface area contributed by atoms with E-state index in [0.29, 0.717) is 29.8 Å². The number of hydrogen-bond acceptors (Lipinski definition) is 5. The van der Waals surface area contributed by atoms with Crippen molar-refractivity contribution in [2.24, 2.45) is 40.6 Å². The highest BCUT2D eigenvalue weighted by Crippen LogP contribution is 2.65. The SMILES string of the molecule is CCOc1cc(/C=N\N2C(=O)[C@H]3[C@@H]4C=C[C@H]([C@@H]5C[C@H]45)[C@@H]3C2=O)ccc1O. The molecular weight excluding hydrogens is 332 g/mol. The maximum atomic E-state index is 12.8. The summed E-state index contributed by atoms with van der Waals surface area (Å²) in [6.45, 7) is 2.26. The van der Waals surface area contributed by atoms with E-state index in [0.717, 1.165) is 11.4 Å². The Balaban J connectivity index is 1.40. The number of aromatic hydroxyl groups is 1. The van der Waals surface area contributed by atoms with Crippen molar-refractivity contribution in [3.05, 3.63) is 35.9 Å². The first-order chi connectivity index (χ1) is 12.6. The molecule has 3 fully saturated rings. The van der Waals surface area contributed by atoms with Crippen LogP contribution >= 0.6 is 0 Å². The standard InChI is InChI=1S/C20H20N2O4/c1-2-26-16-7-10(3-6-15(16)23)9-21-22-19(24)17-11-4-5-12(14-8-13(11)14)18(17)20(22)25/h3-7,9,11-14,17-18,23H,2,8H2,1H3/b21-9-/t11-,12-,13-,14+,17+,18+/m1/s1. The number of carbonyl (C=O) groups excluding carboxylic acids is 2. The van der Waals surface area contributed by atoms with Crippen LogP contribution in [-0.2, 0) is 9.59 Å². The zero-order chi connectivity index (χ0) is 18.0. The molecule has 4 aliphatic carbocycles. The summed E-state index contributed by atoms with van der Waals surface area (Å²) in [5, 5.41) is 15.0. The number of rotatable bonds is 4. The van der Waals surface area contributed by atoms with E-state index in [1.54, 1.807) is 12.1 Å². The van der Waals surface area contributed by atoms with Crippen molar-refractivity contribution in [3.8, 4) is 11.5 Å². The van der Waals surface area contributed by atoms with Gasteiger partial charge in [-0.1, -0.05) is 12.2 Å². The van der Waals surface area contributed by atoms with Crippen LogP contribution in [0.25, 0.3) is 0 Å². The number of nitrogens with zero attached hydrogens (tertiary/aromatic N) is 2. The molecule has 0 radical (unpaired) electrons. The van der Waals surface area contributed by atoms with Gasteiger partial charge >= 0.3 is 0 Å². The lowest BCUT2D eigenvalue weighted by atomic mass is 9.63. The molecule has 2 bridgehead atoms. The number of imide groups is 1. The third kappa shape index (κ3) is 2.08. The van der Waals surface area contributed by atoms with Crippen LogP contribution in [-0.4, -0.2) is 34.8 Å². The fourth-order valence-corrected chi connectivity index (χ4v) is 5.06. The van der Waals surface area contributed by atoms with Crippen LogP contribution < -0.4 is 4.74 Å². The molecule has 6 heteroatoms. The minimum absolute atomic E-state index is 0.0465. The van der Waals surface area contributed by atoms with Gasteiger partial charge in [0.05, 0.1) is 24.7 Å². The number of carbonyl (C=O) groups is 2. The van der Waals surface area contributed by atoms with Gasteiger partial charge in [0.1, 0.15) is 0 Å². The van der Waals surface area contributed by atoms with Gasteiger partial charge in [-0.05, 0) is 60.8 Å². The molecule has 1 aromatic carbocycles. The second kappa shape index (κ2) is 5.43. The van der Waals surface area contributed by atoms with Crippen molar-refractivity contribution < 1.29 is 19.4 Å². The quantitative estimate of drug-likeness (QED) is 0.512. The van der Waals surface area contributed by atoms with Crippen LogP contribution in [0.5, 0.6) is 11.5 Å². The predicted octanol–water partition coefficient (Wildman–Crippen LogP) is 2.18. The van der Waals surface area contributed by atoms with Gasteiger partial charge in [0.25, 0.3) is 11.8 Å². The lowest BCUT2D eigenvalue weighted by Gasteiger charge is -2.37. The van der Waals surface area contributed by atoms with Crippen LogP contribution in [0, 0.1) is 35.5 Å². The maximum absolute atomic E-state index is 12.8. The van der Waals surface area contributed by atoms with E-state index in [1.165, 1.54) is 12.3 Å². The van der Waals surface area contributed by atoms with Gasteiger partial charge in [-0.3, -0.25) is 9.59 Å². The monoisotopic (exact) mass is 352 g/mol. The third-order valence-corrected chi connectivity index (χ3v) is 6.25. The minimum Gasteiger partial charge on any atom is -0.504 e. The van der Waals surface area contributed by atoms with Crippen LogP contribution in [0.2, 0.25) is 0 Å². The van der Waals surface area contributed by atoms with Crippen molar-refractivity contribution in [2.45, 2.75) is 13.3 Å². The van der Waals surface area contributed by atoms with Gasteiger partial charge < -0.3 is 9.84 Å². The molecule has 26 heavy (non-hydrogen) atoms. The first kappa shape index (κ1) is 15.6. The van der Waals surface area contributed by atoms with E-state index in [4.69, 9.17) is 4.74 Å². The van der Waals surface area contributed by atoms with Gasteiger partial charge in [-0.25, -0.2) is 0 Å². The number of benzene rings is 1. The molecular formula is C20H20N2O4. The Hall–Kier alpha value is -2.63. The molecule has 6 rings (SSSR count). The molecule has 6 atom stereocenters. The fourth-order valence-electron chi connectivity index (χ4n) is 5.06. The summed E-state index contributed by atoms with van der Waals surface area (Å²) in [7, 11) is 0. The molecule has 6 nitrogen and oxygen atoms in total. The zero-order valence-corrected chi connectivity index (χ0v) is 14.4. The Morgan fingerprint density at radius 1 is 1.19 bits per heavy atom. The molecule has 0 aromatic heterocycles. The summed E-state index contributed by atoms with van der Waals surface area (Å²) in [6.07, 6.45) is 6.91. The minimum atomic E-state index is -0.239. The average Bonchev–Trinajstić information content (AvgIpc) is 3.42. The van der Waals surface area contributed by atoms with E-state index in [9.17, 15) is 14.7 Å². The van der Waals surface area contributed by atoms with Gasteiger partial charge in [0, 0.05) is 0 Å². The Labute approximate surface area is 151 Å². The molecule has 0 spiro atoms. The first-order valence-corrected chi connectivity index (χ1v) is 9.16. The Morgan fingerprint density at radius 3 is 2.46 bits per heavy atom. The van der Waals surface area contributed by atoms with Crippen LogP contribution in [0.3, 0.4) is 0 Å². The third-order valence-electron chi connectivity index (χ3n) is 6.25. The summed E-state index contributed by atoms with van der Waals surface area (Å²) < 4.78 is 5.35. The Bertz CT molecular complexity index is 825. The number of amides is 2. The van der Waals surface area contributed by atoms with E-state index < -0.39 is 0 Å². The number of hydrazone groups is 1. The average molecular weight is 352 g/mol. The molecule has 1 N–H and O–H groups in total. The molecule has 2 saturated carbocycles. The van der Waals surface area contributed by atoms with Crippen molar-refractivity contribution in [2.75, 3.05) is 6.61 Å². The topological polar surface area (TPSA) is 79.2 Å². The highest BCUT2D eigenvalue weighted by atomic mass is 16.5. The molecule has 1 saturated heterocycles. The van der Waals surface area contributed by atoms with Gasteiger partial charge in [0.15, 0.2) is 11.5 Å². The van der Waals surface area contributed by atoms with Crippen molar-refractivity contribution in [1.29, 1.82) is 0 Å². The number of allylic oxidation sites excluding steroid dienone is 2. The number of phenols is 1. The molecule has 1 aromatic rings. The summed E-state index contributed by atoms with van der Waals surface area (Å²) in [4.78, 5) is 25.7. The van der Waals surface area contributed by atoms with Crippen LogP contribution in [0.4, 0.5) is 0 Å². The number of ether oxygens (including phenoxy) is 1. The Morgan fingerprint density at radius 2 is 1.85 bits per heavy atom. The summed E-state index contributed by atoms with van der Waals surface area (Å²) in [6, 6.07) is 4.82. The van der Waals surface area contributed by atoms with Crippen LogP contribution in [0.1, 0.15) is 18.9 Å². The number of hydrogen-bond donors (Lipinski definition) is 1.